The summed E-state index contributed by atoms with van der Waals surface area (Å²) in [7, 11) is 0. The van der Waals surface area contributed by atoms with Crippen molar-refractivity contribution in [1.82, 2.24) is 10.6 Å². The summed E-state index contributed by atoms with van der Waals surface area (Å²) in [6.07, 6.45) is 0.657. The molecule has 0 aliphatic heterocycles. The van der Waals surface area contributed by atoms with Crippen LogP contribution in [0.4, 0.5) is 0 Å². The number of aliphatic hydroxyl groups is 1. The van der Waals surface area contributed by atoms with Gasteiger partial charge in [-0.3, -0.25) is 9.59 Å². The molecule has 1 aromatic rings. The van der Waals surface area contributed by atoms with Gasteiger partial charge in [0.1, 0.15) is 0 Å². The van der Waals surface area contributed by atoms with Crippen LogP contribution >= 0.6 is 0 Å². The summed E-state index contributed by atoms with van der Waals surface area (Å²) in [6.45, 7) is 7.77. The summed E-state index contributed by atoms with van der Waals surface area (Å²) in [5.41, 5.74) is 1.41. The van der Waals surface area contributed by atoms with Crippen molar-refractivity contribution in [1.29, 1.82) is 0 Å². The first-order valence-corrected chi connectivity index (χ1v) is 6.89. The lowest BCUT2D eigenvalue weighted by Crippen LogP contribution is -2.34. The second-order valence-corrected chi connectivity index (χ2v) is 5.14. The van der Waals surface area contributed by atoms with Gasteiger partial charge in [0, 0.05) is 18.7 Å². The molecule has 0 heterocycles. The van der Waals surface area contributed by atoms with Crippen LogP contribution in [0.2, 0.25) is 0 Å². The first kappa shape index (κ1) is 16.9. The Morgan fingerprint density at radius 1 is 1.24 bits per heavy atom. The first-order chi connectivity index (χ1) is 9.93. The Kier molecular flexibility index (Phi) is 6.62. The fourth-order valence-electron chi connectivity index (χ4n) is 1.57. The number of benzene rings is 1. The number of hydrogen-bond donors (Lipinski definition) is 3. The van der Waals surface area contributed by atoms with Crippen molar-refractivity contribution >= 4 is 11.8 Å². The summed E-state index contributed by atoms with van der Waals surface area (Å²) >= 11 is 0. The van der Waals surface area contributed by atoms with Gasteiger partial charge in [0.25, 0.3) is 5.91 Å². The van der Waals surface area contributed by atoms with Gasteiger partial charge in [0.05, 0.1) is 6.10 Å². The highest BCUT2D eigenvalue weighted by molar-refractivity contribution is 5.94. The highest BCUT2D eigenvalue weighted by Gasteiger charge is 2.11. The minimum Gasteiger partial charge on any atom is -0.391 e. The van der Waals surface area contributed by atoms with Gasteiger partial charge in [-0.1, -0.05) is 32.6 Å². The van der Waals surface area contributed by atoms with E-state index in [-0.39, 0.29) is 24.3 Å². The van der Waals surface area contributed by atoms with Crippen LogP contribution in [0.25, 0.3) is 0 Å². The maximum Gasteiger partial charge on any atom is 0.251 e. The van der Waals surface area contributed by atoms with E-state index in [4.69, 9.17) is 0 Å². The summed E-state index contributed by atoms with van der Waals surface area (Å²) < 4.78 is 0. The van der Waals surface area contributed by atoms with Crippen molar-refractivity contribution in [3.05, 3.63) is 48.0 Å². The molecule has 0 radical (unpaired) electrons. The Morgan fingerprint density at radius 3 is 2.38 bits per heavy atom. The van der Waals surface area contributed by atoms with Crippen molar-refractivity contribution in [3.63, 3.8) is 0 Å². The van der Waals surface area contributed by atoms with Crippen molar-refractivity contribution in [2.24, 2.45) is 5.92 Å². The SMILES string of the molecule is C=CC(=O)NCc1ccc(C(=O)NCC(O)C(C)C)cc1. The lowest BCUT2D eigenvalue weighted by Gasteiger charge is -2.15. The Balaban J connectivity index is 2.51. The largest absolute Gasteiger partial charge is 0.391 e. The normalized spacial score (nSPS) is 11.8. The molecule has 0 aliphatic rings. The minimum absolute atomic E-state index is 0.0983. The fourth-order valence-corrected chi connectivity index (χ4v) is 1.57. The van der Waals surface area contributed by atoms with E-state index >= 15 is 0 Å². The smallest absolute Gasteiger partial charge is 0.251 e. The van der Waals surface area contributed by atoms with E-state index in [1.165, 1.54) is 6.08 Å². The topological polar surface area (TPSA) is 78.4 Å². The van der Waals surface area contributed by atoms with Gasteiger partial charge >= 0.3 is 0 Å². The van der Waals surface area contributed by atoms with E-state index in [0.29, 0.717) is 12.1 Å². The quantitative estimate of drug-likeness (QED) is 0.661. The van der Waals surface area contributed by atoms with Crippen molar-refractivity contribution in [3.8, 4) is 0 Å². The van der Waals surface area contributed by atoms with E-state index in [1.807, 2.05) is 13.8 Å². The fraction of sp³-hybridized carbons (Fsp3) is 0.375. The van der Waals surface area contributed by atoms with Crippen LogP contribution in [0, 0.1) is 5.92 Å². The van der Waals surface area contributed by atoms with E-state index in [1.54, 1.807) is 24.3 Å². The molecule has 0 bridgehead atoms. The molecular formula is C16H22N2O3. The molecule has 21 heavy (non-hydrogen) atoms. The number of carbonyl (C=O) groups is 2. The van der Waals surface area contributed by atoms with Crippen molar-refractivity contribution < 1.29 is 14.7 Å². The average Bonchev–Trinajstić information content (AvgIpc) is 2.50. The van der Waals surface area contributed by atoms with Crippen molar-refractivity contribution in [2.75, 3.05) is 6.54 Å². The minimum atomic E-state index is -0.553. The molecule has 2 amide bonds. The molecule has 1 atom stereocenters. The highest BCUT2D eigenvalue weighted by atomic mass is 16.3. The molecule has 0 aromatic heterocycles. The number of aliphatic hydroxyl groups excluding tert-OH is 1. The van der Waals surface area contributed by atoms with Crippen LogP contribution in [0.15, 0.2) is 36.9 Å². The van der Waals surface area contributed by atoms with E-state index in [9.17, 15) is 14.7 Å². The predicted molar refractivity (Wildman–Crippen MR) is 81.7 cm³/mol. The van der Waals surface area contributed by atoms with Crippen LogP contribution in [0.5, 0.6) is 0 Å². The summed E-state index contributed by atoms with van der Waals surface area (Å²) in [5.74, 6) is -0.364. The monoisotopic (exact) mass is 290 g/mol. The lowest BCUT2D eigenvalue weighted by molar-refractivity contribution is -0.116. The van der Waals surface area contributed by atoms with E-state index in [0.717, 1.165) is 5.56 Å². The summed E-state index contributed by atoms with van der Waals surface area (Å²) in [5, 5.41) is 15.0. The van der Waals surface area contributed by atoms with Gasteiger partial charge < -0.3 is 15.7 Å². The van der Waals surface area contributed by atoms with Crippen LogP contribution in [0.1, 0.15) is 29.8 Å². The molecule has 3 N–H and O–H groups in total. The number of rotatable bonds is 7. The van der Waals surface area contributed by atoms with Crippen LogP contribution in [-0.2, 0) is 11.3 Å². The first-order valence-electron chi connectivity index (χ1n) is 6.89. The maximum absolute atomic E-state index is 11.9. The van der Waals surface area contributed by atoms with Gasteiger partial charge in [-0.05, 0) is 29.7 Å². The summed E-state index contributed by atoms with van der Waals surface area (Å²) in [4.78, 5) is 22.9. The summed E-state index contributed by atoms with van der Waals surface area (Å²) in [6, 6.07) is 6.92. The Bertz CT molecular complexity index is 495. The molecule has 1 unspecified atom stereocenters. The Morgan fingerprint density at radius 2 is 1.86 bits per heavy atom. The zero-order chi connectivity index (χ0) is 15.8. The molecule has 114 valence electrons. The van der Waals surface area contributed by atoms with Gasteiger partial charge in [-0.15, -0.1) is 0 Å². The van der Waals surface area contributed by atoms with Gasteiger partial charge in [0.15, 0.2) is 0 Å². The third kappa shape index (κ3) is 5.79. The number of hydrogen-bond acceptors (Lipinski definition) is 3. The van der Waals surface area contributed by atoms with Gasteiger partial charge in [-0.2, -0.15) is 0 Å². The second kappa shape index (κ2) is 8.21. The second-order valence-electron chi connectivity index (χ2n) is 5.14. The molecule has 0 spiro atoms. The molecule has 0 aliphatic carbocycles. The molecule has 0 saturated carbocycles. The number of nitrogens with one attached hydrogen (secondary N) is 2. The predicted octanol–water partition coefficient (Wildman–Crippen LogP) is 1.24. The number of carbonyl (C=O) groups excluding carboxylic acids is 2. The highest BCUT2D eigenvalue weighted by Crippen LogP contribution is 2.05. The van der Waals surface area contributed by atoms with Crippen LogP contribution in [-0.4, -0.2) is 29.6 Å². The Labute approximate surface area is 125 Å². The average molecular weight is 290 g/mol. The Hall–Kier alpha value is -2.14. The van der Waals surface area contributed by atoms with Crippen LogP contribution in [0.3, 0.4) is 0 Å². The van der Waals surface area contributed by atoms with Crippen LogP contribution < -0.4 is 10.6 Å². The third-order valence-electron chi connectivity index (χ3n) is 3.11. The number of amides is 2. The molecule has 0 fully saturated rings. The lowest BCUT2D eigenvalue weighted by atomic mass is 10.1. The standard InChI is InChI=1S/C16H22N2O3/c1-4-15(20)17-9-12-5-7-13(8-6-12)16(21)18-10-14(19)11(2)3/h4-8,11,14,19H,1,9-10H2,2-3H3,(H,17,20)(H,18,21). The molecular weight excluding hydrogens is 268 g/mol. The molecule has 1 aromatic carbocycles. The zero-order valence-electron chi connectivity index (χ0n) is 12.4. The molecule has 0 saturated heterocycles. The van der Waals surface area contributed by atoms with E-state index in [2.05, 4.69) is 17.2 Å². The third-order valence-corrected chi connectivity index (χ3v) is 3.11. The van der Waals surface area contributed by atoms with Gasteiger partial charge in [-0.25, -0.2) is 0 Å². The maximum atomic E-state index is 11.9. The van der Waals surface area contributed by atoms with Gasteiger partial charge in [0.2, 0.25) is 5.91 Å². The zero-order valence-corrected chi connectivity index (χ0v) is 12.4. The molecule has 5 heteroatoms. The van der Waals surface area contributed by atoms with Crippen molar-refractivity contribution in [2.45, 2.75) is 26.5 Å². The molecule has 5 nitrogen and oxygen atoms in total. The molecule has 1 rings (SSSR count). The van der Waals surface area contributed by atoms with E-state index < -0.39 is 6.10 Å².